The lowest BCUT2D eigenvalue weighted by molar-refractivity contribution is -0.108. The van der Waals surface area contributed by atoms with Crippen LogP contribution in [0.3, 0.4) is 0 Å². The zero-order chi connectivity index (χ0) is 17.0. The number of carbonyl (C=O) groups excluding carboxylic acids is 1. The van der Waals surface area contributed by atoms with Gasteiger partial charge in [0, 0.05) is 6.42 Å². The average Bonchev–Trinajstić information content (AvgIpc) is 2.63. The molecule has 1 fully saturated rings. The molecular formula is C22H34O2. The maximum atomic E-state index is 10.3. The van der Waals surface area contributed by atoms with Gasteiger partial charge in [0.1, 0.15) is 12.0 Å². The van der Waals surface area contributed by atoms with Crippen molar-refractivity contribution in [1.82, 2.24) is 0 Å². The van der Waals surface area contributed by atoms with E-state index in [4.69, 9.17) is 4.74 Å². The molecule has 0 N–H and O–H groups in total. The van der Waals surface area contributed by atoms with E-state index >= 15 is 0 Å². The van der Waals surface area contributed by atoms with Gasteiger partial charge in [0.05, 0.1) is 6.61 Å². The van der Waals surface area contributed by atoms with Crippen LogP contribution in [0, 0.1) is 5.92 Å². The maximum absolute atomic E-state index is 10.3. The first kappa shape index (κ1) is 19.0. The lowest BCUT2D eigenvalue weighted by atomic mass is 9.77. The third-order valence-corrected chi connectivity index (χ3v) is 5.42. The Hall–Kier alpha value is -1.31. The zero-order valence-electron chi connectivity index (χ0n) is 15.3. The van der Waals surface area contributed by atoms with E-state index in [0.717, 1.165) is 23.9 Å². The summed E-state index contributed by atoms with van der Waals surface area (Å²) >= 11 is 0. The van der Waals surface area contributed by atoms with Crippen LogP contribution in [-0.2, 0) is 4.79 Å². The smallest absolute Gasteiger partial charge is 0.123 e. The predicted molar refractivity (Wildman–Crippen MR) is 101 cm³/mol. The van der Waals surface area contributed by atoms with Crippen LogP contribution < -0.4 is 4.74 Å². The van der Waals surface area contributed by atoms with Crippen molar-refractivity contribution in [3.63, 3.8) is 0 Å². The molecule has 2 rings (SSSR count). The van der Waals surface area contributed by atoms with Gasteiger partial charge in [-0.25, -0.2) is 0 Å². The molecular weight excluding hydrogens is 296 g/mol. The van der Waals surface area contributed by atoms with Gasteiger partial charge >= 0.3 is 0 Å². The van der Waals surface area contributed by atoms with Gasteiger partial charge in [0.15, 0.2) is 0 Å². The summed E-state index contributed by atoms with van der Waals surface area (Å²) in [6.45, 7) is 2.76. The van der Waals surface area contributed by atoms with Crippen LogP contribution in [0.25, 0.3) is 0 Å². The second-order valence-electron chi connectivity index (χ2n) is 7.29. The molecule has 0 radical (unpaired) electrons. The number of unbranched alkanes of at least 4 members (excludes halogenated alkanes) is 4. The summed E-state index contributed by atoms with van der Waals surface area (Å²) < 4.78 is 5.55. The Kier molecular flexibility index (Phi) is 8.94. The molecule has 0 atom stereocenters. The van der Waals surface area contributed by atoms with Crippen molar-refractivity contribution >= 4 is 6.29 Å². The summed E-state index contributed by atoms with van der Waals surface area (Å²) in [7, 11) is 0. The molecule has 1 aliphatic rings. The second-order valence-corrected chi connectivity index (χ2v) is 7.29. The van der Waals surface area contributed by atoms with Crippen molar-refractivity contribution in [3.8, 4) is 5.75 Å². The number of hydrogen-bond acceptors (Lipinski definition) is 2. The van der Waals surface area contributed by atoms with Gasteiger partial charge < -0.3 is 9.53 Å². The van der Waals surface area contributed by atoms with Crippen molar-refractivity contribution < 1.29 is 9.53 Å². The van der Waals surface area contributed by atoms with Crippen molar-refractivity contribution in [2.75, 3.05) is 6.61 Å². The zero-order valence-corrected chi connectivity index (χ0v) is 15.3. The summed E-state index contributed by atoms with van der Waals surface area (Å²) in [5.74, 6) is 2.57. The number of aldehydes is 1. The van der Waals surface area contributed by atoms with Gasteiger partial charge in [-0.3, -0.25) is 0 Å². The first-order valence-electron chi connectivity index (χ1n) is 10.00. The highest BCUT2D eigenvalue weighted by Gasteiger charge is 2.22. The van der Waals surface area contributed by atoms with E-state index in [1.165, 1.54) is 69.8 Å². The third-order valence-electron chi connectivity index (χ3n) is 5.42. The van der Waals surface area contributed by atoms with Crippen LogP contribution in [0.15, 0.2) is 24.3 Å². The first-order chi connectivity index (χ1) is 11.8. The normalized spacial score (nSPS) is 20.7. The van der Waals surface area contributed by atoms with E-state index in [0.29, 0.717) is 13.0 Å². The van der Waals surface area contributed by atoms with E-state index in [1.807, 2.05) is 0 Å². The molecule has 1 aromatic carbocycles. The first-order valence-corrected chi connectivity index (χ1v) is 10.00. The summed E-state index contributed by atoms with van der Waals surface area (Å²) in [4.78, 5) is 10.3. The van der Waals surface area contributed by atoms with Gasteiger partial charge in [-0.1, -0.05) is 57.6 Å². The Balaban J connectivity index is 1.67. The van der Waals surface area contributed by atoms with E-state index in [2.05, 4.69) is 31.2 Å². The van der Waals surface area contributed by atoms with Gasteiger partial charge in [-0.2, -0.15) is 0 Å². The van der Waals surface area contributed by atoms with Crippen molar-refractivity contribution in [2.24, 2.45) is 5.92 Å². The van der Waals surface area contributed by atoms with E-state index in [1.54, 1.807) is 0 Å². The SMILES string of the molecule is CCCCCCCC1CCC(c2ccc(OCCC=O)cc2)CC1. The van der Waals surface area contributed by atoms with E-state index in [9.17, 15) is 4.79 Å². The van der Waals surface area contributed by atoms with Gasteiger partial charge in [-0.15, -0.1) is 0 Å². The number of hydrogen-bond donors (Lipinski definition) is 0. The Morgan fingerprint density at radius 2 is 1.71 bits per heavy atom. The topological polar surface area (TPSA) is 26.3 Å². The fourth-order valence-corrected chi connectivity index (χ4v) is 3.88. The molecule has 134 valence electrons. The molecule has 0 bridgehead atoms. The molecule has 1 saturated carbocycles. The molecule has 0 heterocycles. The lowest BCUT2D eigenvalue weighted by Gasteiger charge is -2.29. The van der Waals surface area contributed by atoms with Crippen LogP contribution in [-0.4, -0.2) is 12.9 Å². The van der Waals surface area contributed by atoms with Crippen LogP contribution in [0.2, 0.25) is 0 Å². The molecule has 1 aliphatic carbocycles. The number of rotatable bonds is 11. The van der Waals surface area contributed by atoms with Crippen LogP contribution >= 0.6 is 0 Å². The Morgan fingerprint density at radius 1 is 1.00 bits per heavy atom. The molecule has 1 aromatic rings. The lowest BCUT2D eigenvalue weighted by Crippen LogP contribution is -2.13. The fraction of sp³-hybridized carbons (Fsp3) is 0.682. The summed E-state index contributed by atoms with van der Waals surface area (Å²) in [5, 5.41) is 0. The van der Waals surface area contributed by atoms with Crippen LogP contribution in [0.4, 0.5) is 0 Å². The summed E-state index contributed by atoms with van der Waals surface area (Å²) in [6.07, 6.45) is 15.3. The standard InChI is InChI=1S/C22H34O2/c1-2-3-4-5-6-8-19-9-11-20(12-10-19)21-13-15-22(16-14-21)24-18-7-17-23/h13-17,19-20H,2-12,18H2,1H3. The van der Waals surface area contributed by atoms with Gasteiger partial charge in [0.25, 0.3) is 0 Å². The molecule has 2 nitrogen and oxygen atoms in total. The second kappa shape index (κ2) is 11.3. The quantitative estimate of drug-likeness (QED) is 0.352. The van der Waals surface area contributed by atoms with Crippen molar-refractivity contribution in [2.45, 2.75) is 83.5 Å². The highest BCUT2D eigenvalue weighted by atomic mass is 16.5. The monoisotopic (exact) mass is 330 g/mol. The molecule has 0 aliphatic heterocycles. The minimum Gasteiger partial charge on any atom is -0.493 e. The van der Waals surface area contributed by atoms with Gasteiger partial charge in [-0.05, 0) is 55.2 Å². The summed E-state index contributed by atoms with van der Waals surface area (Å²) in [6, 6.07) is 8.54. The third kappa shape index (κ3) is 6.67. The molecule has 24 heavy (non-hydrogen) atoms. The van der Waals surface area contributed by atoms with E-state index < -0.39 is 0 Å². The Labute approximate surface area is 148 Å². The molecule has 0 amide bonds. The molecule has 0 unspecified atom stereocenters. The highest BCUT2D eigenvalue weighted by Crippen LogP contribution is 2.38. The molecule has 0 aromatic heterocycles. The number of ether oxygens (including phenoxy) is 1. The number of benzene rings is 1. The molecule has 2 heteroatoms. The minimum atomic E-state index is 0.463. The Bertz CT molecular complexity index is 444. The van der Waals surface area contributed by atoms with Crippen molar-refractivity contribution in [1.29, 1.82) is 0 Å². The molecule has 0 spiro atoms. The average molecular weight is 331 g/mol. The van der Waals surface area contributed by atoms with Crippen LogP contribution in [0.5, 0.6) is 5.75 Å². The summed E-state index contributed by atoms with van der Waals surface area (Å²) in [5.41, 5.74) is 1.46. The minimum absolute atomic E-state index is 0.463. The van der Waals surface area contributed by atoms with Crippen molar-refractivity contribution in [3.05, 3.63) is 29.8 Å². The Morgan fingerprint density at radius 3 is 2.38 bits per heavy atom. The fourth-order valence-electron chi connectivity index (χ4n) is 3.88. The predicted octanol–water partition coefficient (Wildman–Crippen LogP) is 6.29. The van der Waals surface area contributed by atoms with E-state index in [-0.39, 0.29) is 0 Å². The largest absolute Gasteiger partial charge is 0.493 e. The molecule has 0 saturated heterocycles. The van der Waals surface area contributed by atoms with Crippen LogP contribution in [0.1, 0.15) is 89.0 Å². The van der Waals surface area contributed by atoms with Gasteiger partial charge in [0.2, 0.25) is 0 Å². The highest BCUT2D eigenvalue weighted by molar-refractivity contribution is 5.49. The number of carbonyl (C=O) groups is 1. The maximum Gasteiger partial charge on any atom is 0.123 e.